The van der Waals surface area contributed by atoms with Crippen LogP contribution < -0.4 is 4.74 Å². The second-order valence-corrected chi connectivity index (χ2v) is 20.1. The monoisotopic (exact) mass is 456 g/mol. The first-order chi connectivity index (χ1) is 12.0. The van der Waals surface area contributed by atoms with Gasteiger partial charge in [-0.2, -0.15) is 0 Å². The first-order valence-electron chi connectivity index (χ1n) is 9.97. The van der Waals surface area contributed by atoms with Crippen LogP contribution in [-0.2, 0) is 4.79 Å². The first-order valence-corrected chi connectivity index (χ1v) is 17.7. The third-order valence-electron chi connectivity index (χ3n) is 4.77. The van der Waals surface area contributed by atoms with E-state index in [1.165, 1.54) is 63.7 Å². The summed E-state index contributed by atoms with van der Waals surface area (Å²) in [6.45, 7) is 8.97. The Morgan fingerprint density at radius 1 is 1.08 bits per heavy atom. The topological polar surface area (TPSA) is 39.4 Å². The van der Waals surface area contributed by atoms with Gasteiger partial charge in [0, 0.05) is 0 Å². The van der Waals surface area contributed by atoms with Crippen molar-refractivity contribution < 1.29 is 13.9 Å². The molecule has 0 fully saturated rings. The number of ether oxygens (including phenoxy) is 1. The zero-order valence-electron chi connectivity index (χ0n) is 16.6. The van der Waals surface area contributed by atoms with Crippen LogP contribution in [0.4, 0.5) is 0 Å². The van der Waals surface area contributed by atoms with Crippen LogP contribution in [0.5, 0.6) is 5.95 Å². The van der Waals surface area contributed by atoms with Gasteiger partial charge in [0.15, 0.2) is 0 Å². The van der Waals surface area contributed by atoms with E-state index in [1.807, 2.05) is 0 Å². The van der Waals surface area contributed by atoms with Crippen molar-refractivity contribution >= 4 is 24.3 Å². The average Bonchev–Trinajstić information content (AvgIpc) is 3.08. The Kier molecular flexibility index (Phi) is 11.3. The van der Waals surface area contributed by atoms with Gasteiger partial charge in [0.25, 0.3) is 0 Å². The van der Waals surface area contributed by atoms with Crippen molar-refractivity contribution in [2.75, 3.05) is 0 Å². The van der Waals surface area contributed by atoms with E-state index in [0.29, 0.717) is 6.42 Å². The van der Waals surface area contributed by atoms with Crippen LogP contribution in [0.3, 0.4) is 0 Å². The van der Waals surface area contributed by atoms with E-state index in [1.54, 1.807) is 12.1 Å². The predicted molar refractivity (Wildman–Crippen MR) is 108 cm³/mol. The van der Waals surface area contributed by atoms with Crippen LogP contribution in [0.15, 0.2) is 32.5 Å². The van der Waals surface area contributed by atoms with Gasteiger partial charge in [-0.3, -0.25) is 0 Å². The van der Waals surface area contributed by atoms with Gasteiger partial charge in [0.2, 0.25) is 0 Å². The molecular formula is C21H36O3Sn. The normalized spacial score (nSPS) is 12.4. The van der Waals surface area contributed by atoms with Crippen molar-refractivity contribution in [2.24, 2.45) is 0 Å². The van der Waals surface area contributed by atoms with Gasteiger partial charge < -0.3 is 0 Å². The Morgan fingerprint density at radius 3 is 2.08 bits per heavy atom. The van der Waals surface area contributed by atoms with Crippen LogP contribution in [0.1, 0.15) is 72.6 Å². The van der Waals surface area contributed by atoms with E-state index in [0.717, 1.165) is 0 Å². The molecule has 0 amide bonds. The van der Waals surface area contributed by atoms with E-state index in [9.17, 15) is 4.79 Å². The Hall–Kier alpha value is -0.711. The second-order valence-electron chi connectivity index (χ2n) is 7.25. The number of furan rings is 1. The number of carbonyl (C=O) groups is 1. The summed E-state index contributed by atoms with van der Waals surface area (Å²) in [5.41, 5.74) is 1.20. The maximum absolute atomic E-state index is 12.1. The number of carbonyl (C=O) groups excluding carboxylic acids is 1. The SMILES string of the molecule is CCC[CH2][Sn](/[CH]=C(/C)CC(=O)Oc1ccco1)([CH2]CCC)[CH2]CCC. The second kappa shape index (κ2) is 12.6. The number of hydrogen-bond acceptors (Lipinski definition) is 3. The molecule has 0 saturated carbocycles. The van der Waals surface area contributed by atoms with Crippen LogP contribution in [0.2, 0.25) is 13.3 Å². The molecule has 0 aliphatic carbocycles. The summed E-state index contributed by atoms with van der Waals surface area (Å²) in [6, 6.07) is 3.40. The Labute approximate surface area is 158 Å². The Balaban J connectivity index is 2.81. The molecule has 142 valence electrons. The molecule has 0 radical (unpaired) electrons. The molecule has 25 heavy (non-hydrogen) atoms. The number of unbranched alkanes of at least 4 members (excludes halogenated alkanes) is 3. The van der Waals surface area contributed by atoms with Crippen LogP contribution >= 0.6 is 0 Å². The van der Waals surface area contributed by atoms with E-state index in [-0.39, 0.29) is 11.9 Å². The molecule has 1 rings (SSSR count). The fourth-order valence-electron chi connectivity index (χ4n) is 3.45. The molecule has 1 heterocycles. The summed E-state index contributed by atoms with van der Waals surface area (Å²) in [5, 5.41) is 0. The van der Waals surface area contributed by atoms with Gasteiger partial charge in [0.05, 0.1) is 0 Å². The summed E-state index contributed by atoms with van der Waals surface area (Å²) in [6.07, 6.45) is 9.72. The summed E-state index contributed by atoms with van der Waals surface area (Å²) in [7, 11) is 0. The quantitative estimate of drug-likeness (QED) is 0.240. The number of hydrogen-bond donors (Lipinski definition) is 0. The zero-order valence-corrected chi connectivity index (χ0v) is 19.5. The van der Waals surface area contributed by atoms with Crippen molar-refractivity contribution in [1.29, 1.82) is 0 Å². The van der Waals surface area contributed by atoms with Gasteiger partial charge in [-0.15, -0.1) is 0 Å². The minimum absolute atomic E-state index is 0.217. The molecule has 0 saturated heterocycles. The molecule has 0 unspecified atom stereocenters. The summed E-state index contributed by atoms with van der Waals surface area (Å²) in [4.78, 5) is 12.1. The fraction of sp³-hybridized carbons (Fsp3) is 0.667. The van der Waals surface area contributed by atoms with Crippen molar-refractivity contribution in [1.82, 2.24) is 0 Å². The average molecular weight is 455 g/mol. The predicted octanol–water partition coefficient (Wildman–Crippen LogP) is 6.91. The van der Waals surface area contributed by atoms with Gasteiger partial charge in [-0.05, 0) is 0 Å². The van der Waals surface area contributed by atoms with Crippen molar-refractivity contribution in [3.63, 3.8) is 0 Å². The molecule has 3 nitrogen and oxygen atoms in total. The van der Waals surface area contributed by atoms with Crippen molar-refractivity contribution in [2.45, 2.75) is 86.0 Å². The van der Waals surface area contributed by atoms with Crippen LogP contribution in [-0.4, -0.2) is 24.3 Å². The summed E-state index contributed by atoms with van der Waals surface area (Å²) in [5.74, 6) is 0.0703. The number of rotatable bonds is 13. The van der Waals surface area contributed by atoms with Crippen molar-refractivity contribution in [3.05, 3.63) is 28.1 Å². The molecule has 0 spiro atoms. The van der Waals surface area contributed by atoms with E-state index >= 15 is 0 Å². The number of esters is 1. The van der Waals surface area contributed by atoms with E-state index in [2.05, 4.69) is 31.8 Å². The molecule has 4 heteroatoms. The third-order valence-corrected chi connectivity index (χ3v) is 19.5. The molecule has 0 N–H and O–H groups in total. The first kappa shape index (κ1) is 22.3. The molecule has 0 atom stereocenters. The van der Waals surface area contributed by atoms with E-state index in [4.69, 9.17) is 9.15 Å². The van der Waals surface area contributed by atoms with Gasteiger partial charge >= 0.3 is 158 Å². The fourth-order valence-corrected chi connectivity index (χ4v) is 19.2. The third kappa shape index (κ3) is 8.98. The van der Waals surface area contributed by atoms with Crippen molar-refractivity contribution in [3.8, 4) is 5.95 Å². The van der Waals surface area contributed by atoms with E-state index < -0.39 is 18.4 Å². The van der Waals surface area contributed by atoms with Gasteiger partial charge in [-0.25, -0.2) is 0 Å². The molecule has 0 aliphatic rings. The molecule has 0 aromatic carbocycles. The summed E-state index contributed by atoms with van der Waals surface area (Å²) >= 11 is -2.33. The Bertz CT molecular complexity index is 483. The van der Waals surface area contributed by atoms with Gasteiger partial charge in [-0.1, -0.05) is 0 Å². The maximum atomic E-state index is 12.1. The molecule has 0 aliphatic heterocycles. The molecule has 0 bridgehead atoms. The Morgan fingerprint density at radius 2 is 1.64 bits per heavy atom. The standard InChI is InChI=1S/C9H9O3.3C4H9.Sn/c1-7(2)6-8(10)12-9-4-3-5-11-9;3*1-3-4-2;/h1,3-5H,6H2,2H3;3*1,3-4H2,2H3;. The molecule has 1 aromatic rings. The van der Waals surface area contributed by atoms with Crippen LogP contribution in [0, 0.1) is 0 Å². The summed E-state index contributed by atoms with van der Waals surface area (Å²) < 4.78 is 17.2. The minimum atomic E-state index is -2.33. The van der Waals surface area contributed by atoms with Gasteiger partial charge in [0.1, 0.15) is 0 Å². The molecular weight excluding hydrogens is 419 g/mol. The zero-order chi connectivity index (χ0) is 18.5. The van der Waals surface area contributed by atoms with Crippen LogP contribution in [0.25, 0.3) is 0 Å². The molecule has 1 aromatic heterocycles.